The molecule has 0 aliphatic carbocycles. The molecule has 0 fully saturated rings. The van der Waals surface area contributed by atoms with Crippen molar-refractivity contribution in [3.8, 4) is 0 Å². The molecule has 0 radical (unpaired) electrons. The molecule has 0 N–H and O–H groups in total. The van der Waals surface area contributed by atoms with E-state index in [-0.39, 0.29) is 30.0 Å². The molecule has 1 amide bonds. The zero-order valence-corrected chi connectivity index (χ0v) is 15.0. The van der Waals surface area contributed by atoms with Gasteiger partial charge in [0, 0.05) is 31.3 Å². The number of carbonyl (C=O) groups excluding carboxylic acids is 2. The van der Waals surface area contributed by atoms with E-state index in [1.165, 1.54) is 25.3 Å². The van der Waals surface area contributed by atoms with Gasteiger partial charge < -0.3 is 9.64 Å². The number of hydrogen-bond donors (Lipinski definition) is 0. The van der Waals surface area contributed by atoms with Gasteiger partial charge in [-0.05, 0) is 29.7 Å². The quantitative estimate of drug-likeness (QED) is 0.312. The van der Waals surface area contributed by atoms with Crippen molar-refractivity contribution in [2.45, 2.75) is 20.8 Å². The van der Waals surface area contributed by atoms with Crippen LogP contribution in [0, 0.1) is 22.0 Å². The molecular formula is C18H24N2O5. The summed E-state index contributed by atoms with van der Waals surface area (Å²) in [5.41, 5.74) is 0.682. The lowest BCUT2D eigenvalue weighted by Crippen LogP contribution is -2.38. The number of nitro groups is 1. The number of hydrogen-bond acceptors (Lipinski definition) is 5. The summed E-state index contributed by atoms with van der Waals surface area (Å²) >= 11 is 0. The molecule has 1 aromatic rings. The topological polar surface area (TPSA) is 89.8 Å². The van der Waals surface area contributed by atoms with Crippen molar-refractivity contribution in [1.82, 2.24) is 4.90 Å². The lowest BCUT2D eigenvalue weighted by molar-refractivity contribution is -0.384. The van der Waals surface area contributed by atoms with Gasteiger partial charge in [0.05, 0.1) is 18.0 Å². The molecule has 136 valence electrons. The van der Waals surface area contributed by atoms with E-state index in [9.17, 15) is 19.7 Å². The molecule has 0 spiro atoms. The summed E-state index contributed by atoms with van der Waals surface area (Å²) in [6.07, 6.45) is 3.01. The molecule has 1 rings (SSSR count). The van der Waals surface area contributed by atoms with E-state index in [2.05, 4.69) is 0 Å². The summed E-state index contributed by atoms with van der Waals surface area (Å²) in [5, 5.41) is 10.6. The van der Waals surface area contributed by atoms with Crippen LogP contribution in [-0.2, 0) is 14.3 Å². The molecular weight excluding hydrogens is 324 g/mol. The van der Waals surface area contributed by atoms with Crippen LogP contribution in [0.25, 0.3) is 6.08 Å². The summed E-state index contributed by atoms with van der Waals surface area (Å²) in [4.78, 5) is 35.8. The molecule has 7 nitrogen and oxygen atoms in total. The monoisotopic (exact) mass is 348 g/mol. The molecule has 0 aromatic heterocycles. The second-order valence-corrected chi connectivity index (χ2v) is 6.24. The van der Waals surface area contributed by atoms with Crippen LogP contribution in [0.3, 0.4) is 0 Å². The summed E-state index contributed by atoms with van der Waals surface area (Å²) in [7, 11) is 1.32. The summed E-state index contributed by atoms with van der Waals surface area (Å²) < 4.78 is 4.71. The maximum Gasteiger partial charge on any atom is 0.310 e. The molecule has 1 aromatic carbocycles. The number of methoxy groups -OCH3 is 1. The van der Waals surface area contributed by atoms with Crippen LogP contribution in [0.2, 0.25) is 0 Å². The van der Waals surface area contributed by atoms with Crippen LogP contribution in [0.15, 0.2) is 30.3 Å². The van der Waals surface area contributed by atoms with Gasteiger partial charge in [-0.2, -0.15) is 0 Å². The van der Waals surface area contributed by atoms with Crippen LogP contribution in [0.1, 0.15) is 26.3 Å². The minimum atomic E-state index is -0.475. The lowest BCUT2D eigenvalue weighted by Gasteiger charge is -2.25. The second-order valence-electron chi connectivity index (χ2n) is 6.24. The van der Waals surface area contributed by atoms with E-state index in [1.807, 2.05) is 13.8 Å². The van der Waals surface area contributed by atoms with Gasteiger partial charge in [0.2, 0.25) is 5.91 Å². The highest BCUT2D eigenvalue weighted by Crippen LogP contribution is 2.13. The predicted molar refractivity (Wildman–Crippen MR) is 94.7 cm³/mol. The summed E-state index contributed by atoms with van der Waals surface area (Å²) in [5.74, 6) is -0.745. The largest absolute Gasteiger partial charge is 0.469 e. The normalized spacial score (nSPS) is 12.2. The summed E-state index contributed by atoms with van der Waals surface area (Å²) in [6.45, 7) is 6.48. The predicted octanol–water partition coefficient (Wildman–Crippen LogP) is 2.90. The number of nitro benzene ring substituents is 1. The van der Waals surface area contributed by atoms with Gasteiger partial charge in [0.25, 0.3) is 5.69 Å². The number of nitrogens with zero attached hydrogens (tertiary/aromatic N) is 2. The molecule has 0 saturated carbocycles. The fraction of sp³-hybridized carbons (Fsp3) is 0.444. The van der Waals surface area contributed by atoms with Crippen molar-refractivity contribution in [2.75, 3.05) is 20.2 Å². The number of ether oxygens (including phenoxy) is 1. The van der Waals surface area contributed by atoms with Crippen LogP contribution in [0.5, 0.6) is 0 Å². The number of non-ortho nitro benzene ring substituents is 1. The van der Waals surface area contributed by atoms with Crippen LogP contribution >= 0.6 is 0 Å². The first-order valence-corrected chi connectivity index (χ1v) is 8.03. The molecule has 1 unspecified atom stereocenters. The Bertz CT molecular complexity index is 637. The highest BCUT2D eigenvalue weighted by Gasteiger charge is 2.20. The summed E-state index contributed by atoms with van der Waals surface area (Å²) in [6, 6.07) is 5.92. The third-order valence-electron chi connectivity index (χ3n) is 3.52. The average Bonchev–Trinajstić information content (AvgIpc) is 2.58. The number of amides is 1. The van der Waals surface area contributed by atoms with Crippen molar-refractivity contribution in [3.63, 3.8) is 0 Å². The number of esters is 1. The average molecular weight is 348 g/mol. The van der Waals surface area contributed by atoms with Crippen LogP contribution in [0.4, 0.5) is 5.69 Å². The Morgan fingerprint density at radius 3 is 2.28 bits per heavy atom. The maximum absolute atomic E-state index is 12.5. The van der Waals surface area contributed by atoms with Crippen LogP contribution in [-0.4, -0.2) is 41.9 Å². The van der Waals surface area contributed by atoms with Crippen molar-refractivity contribution in [2.24, 2.45) is 11.8 Å². The Morgan fingerprint density at radius 2 is 1.80 bits per heavy atom. The minimum Gasteiger partial charge on any atom is -0.469 e. The first-order chi connectivity index (χ1) is 11.7. The van der Waals surface area contributed by atoms with Gasteiger partial charge in [-0.25, -0.2) is 0 Å². The third kappa shape index (κ3) is 6.74. The van der Waals surface area contributed by atoms with Gasteiger partial charge in [-0.3, -0.25) is 19.7 Å². The molecule has 0 saturated heterocycles. The first-order valence-electron chi connectivity index (χ1n) is 8.03. The molecule has 1 atom stereocenters. The molecule has 0 bridgehead atoms. The Morgan fingerprint density at radius 1 is 1.20 bits per heavy atom. The third-order valence-corrected chi connectivity index (χ3v) is 3.52. The highest BCUT2D eigenvalue weighted by atomic mass is 16.6. The molecule has 0 aliphatic rings. The smallest absolute Gasteiger partial charge is 0.310 e. The number of rotatable bonds is 8. The van der Waals surface area contributed by atoms with Gasteiger partial charge in [-0.1, -0.05) is 20.8 Å². The molecule has 7 heteroatoms. The Hall–Kier alpha value is -2.70. The number of carbonyl (C=O) groups is 2. The second kappa shape index (κ2) is 9.56. The fourth-order valence-electron chi connectivity index (χ4n) is 2.28. The van der Waals surface area contributed by atoms with Crippen molar-refractivity contribution in [3.05, 3.63) is 46.0 Å². The van der Waals surface area contributed by atoms with E-state index < -0.39 is 10.8 Å². The van der Waals surface area contributed by atoms with Crippen molar-refractivity contribution < 1.29 is 19.2 Å². The highest BCUT2D eigenvalue weighted by molar-refractivity contribution is 5.92. The molecule has 0 aliphatic heterocycles. The van der Waals surface area contributed by atoms with Gasteiger partial charge in [-0.15, -0.1) is 0 Å². The van der Waals surface area contributed by atoms with Gasteiger partial charge in [0.15, 0.2) is 0 Å². The SMILES string of the molecule is COC(=O)C(C)CN(CC(C)C)C(=O)/C=C/c1ccc([N+](=O)[O-])cc1. The maximum atomic E-state index is 12.5. The molecule has 0 heterocycles. The lowest BCUT2D eigenvalue weighted by atomic mass is 10.1. The number of benzene rings is 1. The van der Waals surface area contributed by atoms with Crippen molar-refractivity contribution in [1.29, 1.82) is 0 Å². The van der Waals surface area contributed by atoms with Gasteiger partial charge in [0.1, 0.15) is 0 Å². The Labute approximate surface area is 147 Å². The van der Waals surface area contributed by atoms with E-state index in [0.29, 0.717) is 12.1 Å². The van der Waals surface area contributed by atoms with E-state index in [4.69, 9.17) is 4.74 Å². The molecule has 25 heavy (non-hydrogen) atoms. The zero-order valence-electron chi connectivity index (χ0n) is 15.0. The van der Waals surface area contributed by atoms with Gasteiger partial charge >= 0.3 is 5.97 Å². The Balaban J connectivity index is 2.82. The zero-order chi connectivity index (χ0) is 19.0. The Kier molecular flexibility index (Phi) is 7.78. The van der Waals surface area contributed by atoms with E-state index in [1.54, 1.807) is 30.0 Å². The van der Waals surface area contributed by atoms with Crippen molar-refractivity contribution >= 4 is 23.6 Å². The van der Waals surface area contributed by atoms with E-state index in [0.717, 1.165) is 0 Å². The fourth-order valence-corrected chi connectivity index (χ4v) is 2.28. The minimum absolute atomic E-state index is 0.00295. The van der Waals surface area contributed by atoms with Crippen LogP contribution < -0.4 is 0 Å². The standard InChI is InChI=1S/C18H24N2O5/c1-13(2)11-19(12-14(3)18(22)25-4)17(21)10-7-15-5-8-16(9-6-15)20(23)24/h5-10,13-14H,11-12H2,1-4H3/b10-7+. The van der Waals surface area contributed by atoms with E-state index >= 15 is 0 Å². The first kappa shape index (κ1) is 20.3.